The second-order valence-corrected chi connectivity index (χ2v) is 4.26. The quantitative estimate of drug-likeness (QED) is 0.783. The van der Waals surface area contributed by atoms with Crippen molar-refractivity contribution in [2.24, 2.45) is 11.7 Å². The predicted molar refractivity (Wildman–Crippen MR) is 60.6 cm³/mol. The van der Waals surface area contributed by atoms with Gasteiger partial charge in [0.15, 0.2) is 0 Å². The van der Waals surface area contributed by atoms with Crippen LogP contribution >= 0.6 is 0 Å². The van der Waals surface area contributed by atoms with Crippen LogP contribution in [0.15, 0.2) is 12.3 Å². The zero-order valence-corrected chi connectivity index (χ0v) is 9.11. The fraction of sp³-hybridized carbons (Fsp3) is 0.636. The molecule has 0 aliphatic heterocycles. The second kappa shape index (κ2) is 4.57. The lowest BCUT2D eigenvalue weighted by Gasteiger charge is -2.15. The molecular weight excluding hydrogens is 188 g/mol. The van der Waals surface area contributed by atoms with E-state index in [-0.39, 0.29) is 0 Å². The summed E-state index contributed by atoms with van der Waals surface area (Å²) in [6.45, 7) is 2.86. The van der Waals surface area contributed by atoms with Crippen LogP contribution in [0.5, 0.6) is 0 Å². The second-order valence-electron chi connectivity index (χ2n) is 4.26. The zero-order chi connectivity index (χ0) is 10.7. The number of nitrogens with zero attached hydrogens (tertiary/aromatic N) is 2. The third kappa shape index (κ3) is 2.65. The molecule has 0 saturated heterocycles. The van der Waals surface area contributed by atoms with Gasteiger partial charge in [-0.15, -0.1) is 0 Å². The first-order valence-electron chi connectivity index (χ1n) is 5.55. The lowest BCUT2D eigenvalue weighted by molar-refractivity contribution is 0.504. The van der Waals surface area contributed by atoms with Crippen molar-refractivity contribution in [3.63, 3.8) is 0 Å². The molecule has 0 aromatic carbocycles. The molecule has 0 radical (unpaired) electrons. The number of hydrogen-bond acceptors (Lipinski definition) is 4. The molecule has 4 heteroatoms. The molecule has 0 spiro atoms. The van der Waals surface area contributed by atoms with E-state index in [9.17, 15) is 0 Å². The molecule has 1 heterocycles. The van der Waals surface area contributed by atoms with Gasteiger partial charge >= 0.3 is 0 Å². The highest BCUT2D eigenvalue weighted by Gasteiger charge is 2.23. The van der Waals surface area contributed by atoms with Crippen LogP contribution < -0.4 is 11.1 Å². The van der Waals surface area contributed by atoms with E-state index in [0.717, 1.165) is 18.7 Å². The molecule has 2 rings (SSSR count). The van der Waals surface area contributed by atoms with Crippen LogP contribution in [-0.4, -0.2) is 22.6 Å². The fourth-order valence-electron chi connectivity index (χ4n) is 2.08. The van der Waals surface area contributed by atoms with E-state index < -0.39 is 0 Å². The van der Waals surface area contributed by atoms with Crippen LogP contribution in [0.25, 0.3) is 0 Å². The number of anilines is 1. The van der Waals surface area contributed by atoms with Gasteiger partial charge in [-0.05, 0) is 31.7 Å². The molecule has 82 valence electrons. The van der Waals surface area contributed by atoms with Crippen molar-refractivity contribution < 1.29 is 0 Å². The highest BCUT2D eigenvalue weighted by Crippen LogP contribution is 2.23. The predicted octanol–water partition coefficient (Wildman–Crippen LogP) is 1.32. The largest absolute Gasteiger partial charge is 0.354 e. The highest BCUT2D eigenvalue weighted by atomic mass is 15.1. The Labute approximate surface area is 90.3 Å². The molecule has 0 bridgehead atoms. The third-order valence-electron chi connectivity index (χ3n) is 3.04. The summed E-state index contributed by atoms with van der Waals surface area (Å²) in [4.78, 5) is 8.46. The summed E-state index contributed by atoms with van der Waals surface area (Å²) in [7, 11) is 0. The van der Waals surface area contributed by atoms with Crippen molar-refractivity contribution in [2.75, 3.05) is 11.9 Å². The van der Waals surface area contributed by atoms with Crippen molar-refractivity contribution in [3.8, 4) is 0 Å². The van der Waals surface area contributed by atoms with E-state index in [1.54, 1.807) is 6.20 Å². The van der Waals surface area contributed by atoms with E-state index in [4.69, 9.17) is 5.73 Å². The van der Waals surface area contributed by atoms with Crippen LogP contribution in [0.2, 0.25) is 0 Å². The van der Waals surface area contributed by atoms with Crippen LogP contribution in [0.4, 0.5) is 5.95 Å². The first kappa shape index (κ1) is 10.4. The van der Waals surface area contributed by atoms with Gasteiger partial charge in [0.1, 0.15) is 0 Å². The number of aryl methyl sites for hydroxylation is 1. The van der Waals surface area contributed by atoms with Gasteiger partial charge in [0, 0.05) is 24.5 Å². The molecule has 1 saturated carbocycles. The lowest BCUT2D eigenvalue weighted by Crippen LogP contribution is -2.30. The van der Waals surface area contributed by atoms with Crippen LogP contribution in [0.3, 0.4) is 0 Å². The van der Waals surface area contributed by atoms with Gasteiger partial charge in [-0.1, -0.05) is 6.42 Å². The minimum absolute atomic E-state index is 0.349. The van der Waals surface area contributed by atoms with Gasteiger partial charge in [0.05, 0.1) is 0 Å². The summed E-state index contributed by atoms with van der Waals surface area (Å²) >= 11 is 0. The summed E-state index contributed by atoms with van der Waals surface area (Å²) in [6.07, 6.45) is 5.41. The molecule has 15 heavy (non-hydrogen) atoms. The lowest BCUT2D eigenvalue weighted by atomic mass is 10.1. The third-order valence-corrected chi connectivity index (χ3v) is 3.04. The van der Waals surface area contributed by atoms with Gasteiger partial charge in [0.2, 0.25) is 5.95 Å². The minimum Gasteiger partial charge on any atom is -0.354 e. The SMILES string of the molecule is Cc1ccnc(NCC2CCCC2N)n1. The Hall–Kier alpha value is -1.16. The molecule has 3 N–H and O–H groups in total. The number of aromatic nitrogens is 2. The fourth-order valence-corrected chi connectivity index (χ4v) is 2.08. The van der Waals surface area contributed by atoms with Crippen molar-refractivity contribution in [3.05, 3.63) is 18.0 Å². The average Bonchev–Trinajstić information content (AvgIpc) is 2.61. The number of rotatable bonds is 3. The molecule has 4 nitrogen and oxygen atoms in total. The monoisotopic (exact) mass is 206 g/mol. The summed E-state index contributed by atoms with van der Waals surface area (Å²) in [5.41, 5.74) is 6.98. The maximum absolute atomic E-state index is 5.99. The molecule has 0 amide bonds. The van der Waals surface area contributed by atoms with Crippen molar-refractivity contribution in [1.82, 2.24) is 9.97 Å². The van der Waals surface area contributed by atoms with Gasteiger partial charge in [-0.3, -0.25) is 0 Å². The van der Waals surface area contributed by atoms with Crippen LogP contribution in [-0.2, 0) is 0 Å². The molecule has 1 aromatic rings. The van der Waals surface area contributed by atoms with Gasteiger partial charge in [0.25, 0.3) is 0 Å². The Morgan fingerprint density at radius 3 is 3.07 bits per heavy atom. The van der Waals surface area contributed by atoms with Crippen molar-refractivity contribution in [1.29, 1.82) is 0 Å². The summed E-state index contributed by atoms with van der Waals surface area (Å²) < 4.78 is 0. The van der Waals surface area contributed by atoms with Crippen molar-refractivity contribution in [2.45, 2.75) is 32.2 Å². The first-order valence-corrected chi connectivity index (χ1v) is 5.55. The van der Waals surface area contributed by atoms with E-state index in [1.165, 1.54) is 12.8 Å². The summed E-state index contributed by atoms with van der Waals surface area (Å²) in [5, 5.41) is 3.26. The Morgan fingerprint density at radius 1 is 1.53 bits per heavy atom. The molecule has 2 atom stereocenters. The molecule has 1 fully saturated rings. The standard InChI is InChI=1S/C11H18N4/c1-8-5-6-13-11(15-8)14-7-9-3-2-4-10(9)12/h5-6,9-10H,2-4,7,12H2,1H3,(H,13,14,15). The molecule has 1 aliphatic rings. The van der Waals surface area contributed by atoms with Gasteiger partial charge in [-0.25, -0.2) is 9.97 Å². The van der Waals surface area contributed by atoms with E-state index >= 15 is 0 Å². The smallest absolute Gasteiger partial charge is 0.222 e. The summed E-state index contributed by atoms with van der Waals surface area (Å²) in [6, 6.07) is 2.24. The zero-order valence-electron chi connectivity index (χ0n) is 9.11. The Morgan fingerprint density at radius 2 is 2.40 bits per heavy atom. The molecule has 1 aliphatic carbocycles. The number of nitrogens with one attached hydrogen (secondary N) is 1. The maximum Gasteiger partial charge on any atom is 0.222 e. The number of nitrogens with two attached hydrogens (primary N) is 1. The van der Waals surface area contributed by atoms with Gasteiger partial charge < -0.3 is 11.1 Å². The number of hydrogen-bond donors (Lipinski definition) is 2. The highest BCUT2D eigenvalue weighted by molar-refractivity contribution is 5.24. The Bertz CT molecular complexity index is 326. The van der Waals surface area contributed by atoms with Crippen molar-refractivity contribution >= 4 is 5.95 Å². The van der Waals surface area contributed by atoms with Gasteiger partial charge in [-0.2, -0.15) is 0 Å². The van der Waals surface area contributed by atoms with Crippen LogP contribution in [0.1, 0.15) is 25.0 Å². The van der Waals surface area contributed by atoms with E-state index in [0.29, 0.717) is 17.9 Å². The molecule has 1 aromatic heterocycles. The molecule has 2 unspecified atom stereocenters. The first-order chi connectivity index (χ1) is 7.25. The minimum atomic E-state index is 0.349. The summed E-state index contributed by atoms with van der Waals surface area (Å²) in [5.74, 6) is 1.29. The normalized spacial score (nSPS) is 25.5. The van der Waals surface area contributed by atoms with E-state index in [2.05, 4.69) is 15.3 Å². The average molecular weight is 206 g/mol. The Balaban J connectivity index is 1.87. The molecular formula is C11H18N4. The maximum atomic E-state index is 5.99. The van der Waals surface area contributed by atoms with Crippen LogP contribution in [0, 0.1) is 12.8 Å². The topological polar surface area (TPSA) is 63.8 Å². The van der Waals surface area contributed by atoms with E-state index in [1.807, 2.05) is 13.0 Å². The Kier molecular flexibility index (Phi) is 3.16.